The first kappa shape index (κ1) is 29.7. The van der Waals surface area contributed by atoms with Crippen LogP contribution in [0.2, 0.25) is 0 Å². The summed E-state index contributed by atoms with van der Waals surface area (Å²) in [7, 11) is -1.82. The van der Waals surface area contributed by atoms with Crippen molar-refractivity contribution in [1.29, 1.82) is 0 Å². The monoisotopic (exact) mass is 624 g/mol. The highest BCUT2D eigenvalue weighted by Gasteiger charge is 2.45. The number of pyridine rings is 1. The summed E-state index contributed by atoms with van der Waals surface area (Å²) < 4.78 is 64.1. The standard InChI is InChI=1S/C26H30F2N6O6S2/c1-3-40-24(36)19(11-16-10-15-4-7-30-22(29)17(15)12-20(16)39-2)33-8-5-18(23(33)35)34(42(37)38)21-13-31-25(41-21)32-9-6-26(27,28)14-32/h4,7,10,12-13,18-19,42H,3,5-6,8-9,11,14H2,1-2H3,(H2,29,30)/t18-,19+/m0/s1. The molecule has 5 rings (SSSR count). The number of aromatic nitrogens is 2. The SMILES string of the molecule is CCOC(=O)[C@@H](Cc1cc2ccnc(N)c2cc1OC)N1CC[C@H](N(c2cnc(N3CCC(F)(F)C3)s2)[SH](=O)=O)C1=O. The van der Waals surface area contributed by atoms with E-state index in [1.165, 1.54) is 23.1 Å². The van der Waals surface area contributed by atoms with Crippen LogP contribution in [0, 0.1) is 0 Å². The number of thiazole rings is 1. The number of nitrogens with zero attached hydrogens (tertiary/aromatic N) is 5. The van der Waals surface area contributed by atoms with E-state index in [1.807, 2.05) is 0 Å². The summed E-state index contributed by atoms with van der Waals surface area (Å²) in [6.07, 6.45) is 2.64. The molecule has 2 aromatic heterocycles. The average molecular weight is 625 g/mol. The lowest BCUT2D eigenvalue weighted by molar-refractivity contribution is -0.153. The van der Waals surface area contributed by atoms with Crippen molar-refractivity contribution in [2.75, 3.05) is 48.3 Å². The predicted octanol–water partition coefficient (Wildman–Crippen LogP) is 2.24. The Labute approximate surface area is 246 Å². The van der Waals surface area contributed by atoms with Gasteiger partial charge in [-0.05, 0) is 42.5 Å². The Morgan fingerprint density at radius 2 is 2.10 bits per heavy atom. The summed E-state index contributed by atoms with van der Waals surface area (Å²) in [6, 6.07) is 3.08. The Balaban J connectivity index is 1.42. The largest absolute Gasteiger partial charge is 0.496 e. The zero-order valence-electron chi connectivity index (χ0n) is 22.9. The highest BCUT2D eigenvalue weighted by atomic mass is 32.2. The minimum atomic E-state index is -3.30. The molecule has 12 nitrogen and oxygen atoms in total. The van der Waals surface area contributed by atoms with Crippen LogP contribution >= 0.6 is 11.3 Å². The molecule has 2 N–H and O–H groups in total. The second-order valence-electron chi connectivity index (χ2n) is 9.98. The molecular formula is C26H30F2N6O6S2. The molecule has 16 heteroatoms. The van der Waals surface area contributed by atoms with Gasteiger partial charge in [-0.2, -0.15) is 0 Å². The van der Waals surface area contributed by atoms with Gasteiger partial charge in [-0.3, -0.25) is 4.79 Å². The lowest BCUT2D eigenvalue weighted by Crippen LogP contribution is -2.48. The smallest absolute Gasteiger partial charge is 0.329 e. The number of alkyl halides is 2. The van der Waals surface area contributed by atoms with Crippen LogP contribution in [0.4, 0.5) is 24.7 Å². The Hall–Kier alpha value is -3.79. The number of hydrogen-bond acceptors (Lipinski definition) is 11. The molecule has 2 atom stereocenters. The maximum Gasteiger partial charge on any atom is 0.329 e. The first-order valence-corrected chi connectivity index (χ1v) is 15.2. The van der Waals surface area contributed by atoms with E-state index in [-0.39, 0.29) is 49.1 Å². The highest BCUT2D eigenvalue weighted by Crippen LogP contribution is 2.38. The number of benzene rings is 1. The van der Waals surface area contributed by atoms with Crippen LogP contribution in [0.25, 0.3) is 10.8 Å². The quantitative estimate of drug-likeness (QED) is 0.254. The van der Waals surface area contributed by atoms with Gasteiger partial charge in [-0.15, -0.1) is 0 Å². The minimum Gasteiger partial charge on any atom is -0.496 e. The summed E-state index contributed by atoms with van der Waals surface area (Å²) in [4.78, 5) is 37.9. The molecule has 0 unspecified atom stereocenters. The zero-order chi connectivity index (χ0) is 30.2. The van der Waals surface area contributed by atoms with E-state index < -0.39 is 47.3 Å². The van der Waals surface area contributed by atoms with Crippen molar-refractivity contribution in [3.63, 3.8) is 0 Å². The van der Waals surface area contributed by atoms with Crippen molar-refractivity contribution in [1.82, 2.24) is 14.9 Å². The van der Waals surface area contributed by atoms with Gasteiger partial charge in [-0.1, -0.05) is 11.3 Å². The number of nitrogen functional groups attached to an aromatic ring is 1. The number of nitrogens with two attached hydrogens (primary N) is 1. The van der Waals surface area contributed by atoms with E-state index in [1.54, 1.807) is 31.3 Å². The van der Waals surface area contributed by atoms with Gasteiger partial charge in [0.05, 0.1) is 26.5 Å². The number of amides is 1. The number of thiol groups is 1. The van der Waals surface area contributed by atoms with Crippen molar-refractivity contribution in [3.8, 4) is 5.75 Å². The highest BCUT2D eigenvalue weighted by molar-refractivity contribution is 7.74. The number of ether oxygens (including phenoxy) is 2. The van der Waals surface area contributed by atoms with Crippen LogP contribution < -0.4 is 19.7 Å². The van der Waals surface area contributed by atoms with Gasteiger partial charge in [0.15, 0.2) is 5.13 Å². The van der Waals surface area contributed by atoms with Gasteiger partial charge in [0.1, 0.15) is 28.7 Å². The number of anilines is 3. The number of methoxy groups -OCH3 is 1. The third kappa shape index (κ3) is 5.77. The molecule has 1 amide bonds. The fourth-order valence-electron chi connectivity index (χ4n) is 5.37. The number of halogens is 2. The van der Waals surface area contributed by atoms with Gasteiger partial charge >= 0.3 is 5.97 Å². The van der Waals surface area contributed by atoms with Gasteiger partial charge < -0.3 is 25.0 Å². The first-order chi connectivity index (χ1) is 20.0. The number of hydrogen-bond donors (Lipinski definition) is 2. The third-order valence-corrected chi connectivity index (χ3v) is 9.41. The van der Waals surface area contributed by atoms with Crippen molar-refractivity contribution >= 4 is 60.8 Å². The number of esters is 1. The van der Waals surface area contributed by atoms with E-state index in [0.29, 0.717) is 22.5 Å². The summed E-state index contributed by atoms with van der Waals surface area (Å²) in [5.41, 5.74) is 6.63. The van der Waals surface area contributed by atoms with Crippen molar-refractivity contribution in [3.05, 3.63) is 36.2 Å². The third-order valence-electron chi connectivity index (χ3n) is 7.37. The summed E-state index contributed by atoms with van der Waals surface area (Å²) in [5.74, 6) is -3.32. The number of carbonyl (C=O) groups excluding carboxylic acids is 2. The van der Waals surface area contributed by atoms with Crippen molar-refractivity contribution in [2.45, 2.75) is 44.2 Å². The summed E-state index contributed by atoms with van der Waals surface area (Å²) in [5, 5.41) is 1.80. The van der Waals surface area contributed by atoms with Gasteiger partial charge in [0, 0.05) is 37.5 Å². The van der Waals surface area contributed by atoms with E-state index in [2.05, 4.69) is 9.97 Å². The van der Waals surface area contributed by atoms with E-state index in [9.17, 15) is 26.8 Å². The molecule has 1 aromatic carbocycles. The van der Waals surface area contributed by atoms with Gasteiger partial charge in [0.25, 0.3) is 5.92 Å². The molecule has 0 saturated carbocycles. The molecule has 2 fully saturated rings. The molecule has 0 radical (unpaired) electrons. The summed E-state index contributed by atoms with van der Waals surface area (Å²) >= 11 is 0.919. The molecule has 2 aliphatic heterocycles. The molecule has 4 heterocycles. The van der Waals surface area contributed by atoms with Crippen LogP contribution in [0.15, 0.2) is 30.6 Å². The van der Waals surface area contributed by atoms with Crippen molar-refractivity contribution in [2.24, 2.45) is 0 Å². The molecule has 3 aromatic rings. The molecule has 0 aliphatic carbocycles. The Morgan fingerprint density at radius 1 is 1.31 bits per heavy atom. The number of carbonyl (C=O) groups is 2. The molecule has 2 saturated heterocycles. The molecule has 0 spiro atoms. The number of likely N-dealkylation sites (tertiary alicyclic amines) is 1. The fraction of sp³-hybridized carbons (Fsp3) is 0.462. The second-order valence-corrected chi connectivity index (χ2v) is 11.9. The zero-order valence-corrected chi connectivity index (χ0v) is 24.6. The number of rotatable bonds is 10. The van der Waals surface area contributed by atoms with E-state index in [0.717, 1.165) is 21.0 Å². The molecule has 42 heavy (non-hydrogen) atoms. The fourth-order valence-corrected chi connectivity index (χ4v) is 7.25. The molecule has 0 bridgehead atoms. The topological polar surface area (TPSA) is 148 Å². The minimum absolute atomic E-state index is 0.0377. The number of fused-ring (bicyclic) bond motifs is 1. The van der Waals surface area contributed by atoms with Gasteiger partial charge in [0.2, 0.25) is 16.8 Å². The van der Waals surface area contributed by atoms with Crippen molar-refractivity contribution < 1.29 is 36.3 Å². The van der Waals surface area contributed by atoms with Crippen LogP contribution in [-0.2, 0) is 31.6 Å². The van der Waals surface area contributed by atoms with Crippen LogP contribution in [0.3, 0.4) is 0 Å². The lowest BCUT2D eigenvalue weighted by Gasteiger charge is -2.28. The molecule has 2 aliphatic rings. The van der Waals surface area contributed by atoms with E-state index >= 15 is 0 Å². The predicted molar refractivity (Wildman–Crippen MR) is 154 cm³/mol. The van der Waals surface area contributed by atoms with Crippen LogP contribution in [0.1, 0.15) is 25.3 Å². The maximum atomic E-state index is 13.8. The normalized spacial score (nSPS) is 19.1. The van der Waals surface area contributed by atoms with Gasteiger partial charge in [-0.25, -0.2) is 36.3 Å². The molecular weight excluding hydrogens is 594 g/mol. The van der Waals surface area contributed by atoms with Crippen LogP contribution in [-0.4, -0.2) is 86.5 Å². The Bertz CT molecular complexity index is 1580. The summed E-state index contributed by atoms with van der Waals surface area (Å²) in [6.45, 7) is 1.39. The Kier molecular flexibility index (Phi) is 8.37. The van der Waals surface area contributed by atoms with Crippen LogP contribution in [0.5, 0.6) is 5.75 Å². The maximum absolute atomic E-state index is 13.8. The Morgan fingerprint density at radius 3 is 2.76 bits per heavy atom. The van der Waals surface area contributed by atoms with E-state index in [4.69, 9.17) is 15.2 Å². The molecule has 226 valence electrons. The average Bonchev–Trinajstić information content (AvgIpc) is 3.66. The lowest BCUT2D eigenvalue weighted by atomic mass is 10.00. The second kappa shape index (κ2) is 11.8. The first-order valence-electron chi connectivity index (χ1n) is 13.2.